The topological polar surface area (TPSA) is 26.0 Å². The summed E-state index contributed by atoms with van der Waals surface area (Å²) in [5.41, 5.74) is 12.8. The maximum atomic E-state index is 6.36. The number of hydrogen-bond donors (Lipinski definition) is 1. The first-order valence-electron chi connectivity index (χ1n) is 6.55. The lowest BCUT2D eigenvalue weighted by atomic mass is 9.95. The van der Waals surface area contributed by atoms with Gasteiger partial charge in [-0.15, -0.1) is 0 Å². The van der Waals surface area contributed by atoms with Crippen LogP contribution in [0.25, 0.3) is 0 Å². The van der Waals surface area contributed by atoms with Crippen molar-refractivity contribution in [3.8, 4) is 0 Å². The van der Waals surface area contributed by atoms with Crippen molar-refractivity contribution < 1.29 is 0 Å². The number of nitrogens with two attached hydrogens (primary N) is 1. The minimum Gasteiger partial charge on any atom is -0.324 e. The van der Waals surface area contributed by atoms with E-state index < -0.39 is 0 Å². The van der Waals surface area contributed by atoms with Gasteiger partial charge in [-0.1, -0.05) is 46.3 Å². The minimum atomic E-state index is 0.0413. The Balaban J connectivity index is 2.23. The Labute approximate surface area is 124 Å². The molecule has 0 amide bonds. The molecule has 1 nitrogen and oxygen atoms in total. The van der Waals surface area contributed by atoms with Crippen molar-refractivity contribution in [2.24, 2.45) is 5.73 Å². The summed E-state index contributed by atoms with van der Waals surface area (Å²) in [4.78, 5) is 0. The molecular formula is C17H20BrN. The molecule has 0 spiro atoms. The Kier molecular flexibility index (Phi) is 4.43. The van der Waals surface area contributed by atoms with Gasteiger partial charge in [-0.2, -0.15) is 0 Å². The average Bonchev–Trinajstić information content (AvgIpc) is 2.37. The molecule has 100 valence electrons. The Bertz CT molecular complexity index is 590. The van der Waals surface area contributed by atoms with Crippen molar-refractivity contribution in [3.05, 3.63) is 68.7 Å². The molecule has 0 saturated heterocycles. The van der Waals surface area contributed by atoms with E-state index in [-0.39, 0.29) is 6.04 Å². The van der Waals surface area contributed by atoms with Gasteiger partial charge in [0.2, 0.25) is 0 Å². The lowest BCUT2D eigenvalue weighted by Gasteiger charge is -2.16. The molecule has 0 radical (unpaired) electrons. The second kappa shape index (κ2) is 5.89. The Morgan fingerprint density at radius 2 is 1.79 bits per heavy atom. The SMILES string of the molecule is Cc1ccc(CC(N)c2cccc(Br)c2C)cc1C. The monoisotopic (exact) mass is 317 g/mol. The zero-order valence-corrected chi connectivity index (χ0v) is 13.3. The van der Waals surface area contributed by atoms with Crippen LogP contribution in [0, 0.1) is 20.8 Å². The van der Waals surface area contributed by atoms with Crippen molar-refractivity contribution >= 4 is 15.9 Å². The van der Waals surface area contributed by atoms with Crippen LogP contribution < -0.4 is 5.73 Å². The highest BCUT2D eigenvalue weighted by atomic mass is 79.9. The highest BCUT2D eigenvalue weighted by Crippen LogP contribution is 2.25. The van der Waals surface area contributed by atoms with E-state index in [9.17, 15) is 0 Å². The molecule has 2 aromatic carbocycles. The van der Waals surface area contributed by atoms with Crippen molar-refractivity contribution in [1.29, 1.82) is 0 Å². The molecule has 0 aliphatic rings. The molecule has 1 atom stereocenters. The van der Waals surface area contributed by atoms with Crippen molar-refractivity contribution in [2.75, 3.05) is 0 Å². The van der Waals surface area contributed by atoms with Crippen molar-refractivity contribution in [2.45, 2.75) is 33.2 Å². The molecule has 2 N–H and O–H groups in total. The van der Waals surface area contributed by atoms with Crippen LogP contribution in [0.4, 0.5) is 0 Å². The standard InChI is InChI=1S/C17H20BrN/c1-11-7-8-14(9-12(11)2)10-17(19)15-5-4-6-16(18)13(15)3/h4-9,17H,10,19H2,1-3H3. The zero-order valence-electron chi connectivity index (χ0n) is 11.7. The van der Waals surface area contributed by atoms with E-state index >= 15 is 0 Å². The molecule has 0 aliphatic heterocycles. The number of aryl methyl sites for hydroxylation is 2. The van der Waals surface area contributed by atoms with Crippen LogP contribution in [-0.2, 0) is 6.42 Å². The average molecular weight is 318 g/mol. The van der Waals surface area contributed by atoms with Gasteiger partial charge in [0.05, 0.1) is 0 Å². The van der Waals surface area contributed by atoms with E-state index in [1.165, 1.54) is 27.8 Å². The van der Waals surface area contributed by atoms with Gasteiger partial charge in [-0.05, 0) is 61.1 Å². The molecule has 0 heterocycles. The molecule has 19 heavy (non-hydrogen) atoms. The van der Waals surface area contributed by atoms with E-state index in [1.54, 1.807) is 0 Å². The van der Waals surface area contributed by atoms with Gasteiger partial charge >= 0.3 is 0 Å². The Morgan fingerprint density at radius 1 is 1.05 bits per heavy atom. The third-order valence-corrected chi connectivity index (χ3v) is 4.60. The largest absolute Gasteiger partial charge is 0.324 e. The van der Waals surface area contributed by atoms with Gasteiger partial charge in [0, 0.05) is 10.5 Å². The summed E-state index contributed by atoms with van der Waals surface area (Å²) in [7, 11) is 0. The van der Waals surface area contributed by atoms with Gasteiger partial charge < -0.3 is 5.73 Å². The second-order valence-corrected chi connectivity index (χ2v) is 6.04. The van der Waals surface area contributed by atoms with E-state index in [2.05, 4.69) is 67.0 Å². The summed E-state index contributed by atoms with van der Waals surface area (Å²) in [5.74, 6) is 0. The van der Waals surface area contributed by atoms with E-state index in [0.717, 1.165) is 10.9 Å². The highest BCUT2D eigenvalue weighted by Gasteiger charge is 2.11. The molecule has 2 heteroatoms. The summed E-state index contributed by atoms with van der Waals surface area (Å²) in [5, 5.41) is 0. The van der Waals surface area contributed by atoms with Crippen LogP contribution in [0.2, 0.25) is 0 Å². The molecule has 0 bridgehead atoms. The van der Waals surface area contributed by atoms with Gasteiger partial charge in [0.1, 0.15) is 0 Å². The molecule has 2 aromatic rings. The maximum Gasteiger partial charge on any atom is 0.0338 e. The molecule has 0 aromatic heterocycles. The Hall–Kier alpha value is -1.12. The van der Waals surface area contributed by atoms with Crippen LogP contribution in [0.1, 0.15) is 33.9 Å². The van der Waals surface area contributed by atoms with E-state index in [1.807, 2.05) is 6.07 Å². The van der Waals surface area contributed by atoms with E-state index in [4.69, 9.17) is 5.73 Å². The van der Waals surface area contributed by atoms with Crippen LogP contribution in [0.15, 0.2) is 40.9 Å². The van der Waals surface area contributed by atoms with Crippen LogP contribution in [0.3, 0.4) is 0 Å². The highest BCUT2D eigenvalue weighted by molar-refractivity contribution is 9.10. The van der Waals surface area contributed by atoms with Gasteiger partial charge in [-0.25, -0.2) is 0 Å². The number of benzene rings is 2. The quantitative estimate of drug-likeness (QED) is 0.878. The number of rotatable bonds is 3. The first-order chi connectivity index (χ1) is 8.99. The zero-order chi connectivity index (χ0) is 14.0. The second-order valence-electron chi connectivity index (χ2n) is 5.18. The third kappa shape index (κ3) is 3.26. The number of hydrogen-bond acceptors (Lipinski definition) is 1. The molecule has 0 saturated carbocycles. The Morgan fingerprint density at radius 3 is 2.47 bits per heavy atom. The normalized spacial score (nSPS) is 12.5. The van der Waals surface area contributed by atoms with Crippen LogP contribution in [0.5, 0.6) is 0 Å². The van der Waals surface area contributed by atoms with Gasteiger partial charge in [0.25, 0.3) is 0 Å². The van der Waals surface area contributed by atoms with Crippen molar-refractivity contribution in [3.63, 3.8) is 0 Å². The third-order valence-electron chi connectivity index (χ3n) is 3.74. The van der Waals surface area contributed by atoms with Crippen LogP contribution >= 0.6 is 15.9 Å². The summed E-state index contributed by atoms with van der Waals surface area (Å²) >= 11 is 3.57. The predicted molar refractivity (Wildman–Crippen MR) is 85.4 cm³/mol. The first kappa shape index (κ1) is 14.3. The molecule has 1 unspecified atom stereocenters. The molecular weight excluding hydrogens is 298 g/mol. The molecule has 0 aliphatic carbocycles. The van der Waals surface area contributed by atoms with Gasteiger partial charge in [0.15, 0.2) is 0 Å². The summed E-state index contributed by atoms with van der Waals surface area (Å²) in [6.07, 6.45) is 0.873. The fourth-order valence-corrected chi connectivity index (χ4v) is 2.70. The maximum absolute atomic E-state index is 6.36. The first-order valence-corrected chi connectivity index (χ1v) is 7.35. The lowest BCUT2D eigenvalue weighted by molar-refractivity contribution is 0.715. The number of halogens is 1. The fraction of sp³-hybridized carbons (Fsp3) is 0.294. The summed E-state index contributed by atoms with van der Waals surface area (Å²) in [6, 6.07) is 12.9. The van der Waals surface area contributed by atoms with Crippen molar-refractivity contribution in [1.82, 2.24) is 0 Å². The predicted octanol–water partition coefficient (Wildman–Crippen LogP) is 4.62. The van der Waals surface area contributed by atoms with E-state index in [0.29, 0.717) is 0 Å². The van der Waals surface area contributed by atoms with Crippen LogP contribution in [-0.4, -0.2) is 0 Å². The molecule has 2 rings (SSSR count). The summed E-state index contributed by atoms with van der Waals surface area (Å²) in [6.45, 7) is 6.39. The smallest absolute Gasteiger partial charge is 0.0338 e. The fourth-order valence-electron chi connectivity index (χ4n) is 2.32. The minimum absolute atomic E-state index is 0.0413. The lowest BCUT2D eigenvalue weighted by Crippen LogP contribution is -2.15. The van der Waals surface area contributed by atoms with Gasteiger partial charge in [-0.3, -0.25) is 0 Å². The summed E-state index contributed by atoms with van der Waals surface area (Å²) < 4.78 is 1.13. The molecule has 0 fully saturated rings.